The van der Waals surface area contributed by atoms with E-state index in [-0.39, 0.29) is 10.8 Å². The van der Waals surface area contributed by atoms with Crippen LogP contribution >= 0.6 is 23.1 Å². The van der Waals surface area contributed by atoms with Crippen LogP contribution in [0.2, 0.25) is 0 Å². The second-order valence-corrected chi connectivity index (χ2v) is 10.2. The Hall–Kier alpha value is -2.67. The Balaban J connectivity index is 1.56. The molecule has 0 saturated heterocycles. The van der Waals surface area contributed by atoms with Crippen LogP contribution in [0.3, 0.4) is 0 Å². The van der Waals surface area contributed by atoms with Gasteiger partial charge in [0.15, 0.2) is 4.34 Å². The summed E-state index contributed by atoms with van der Waals surface area (Å²) in [6, 6.07) is 13.0. The monoisotopic (exact) mass is 465 g/mol. The minimum Gasteiger partial charge on any atom is -0.497 e. The number of anilines is 3. The van der Waals surface area contributed by atoms with Gasteiger partial charge in [0.25, 0.3) is 0 Å². The zero-order valence-electron chi connectivity index (χ0n) is 16.0. The van der Waals surface area contributed by atoms with E-state index in [2.05, 4.69) is 20.8 Å². The van der Waals surface area contributed by atoms with Gasteiger partial charge in [-0.1, -0.05) is 23.1 Å². The number of hydrogen-bond acceptors (Lipinski definition) is 9. The van der Waals surface area contributed by atoms with Crippen molar-refractivity contribution >= 4 is 55.5 Å². The summed E-state index contributed by atoms with van der Waals surface area (Å²) in [4.78, 5) is 12.4. The molecule has 3 rings (SSSR count). The lowest BCUT2D eigenvalue weighted by molar-refractivity contribution is -0.115. The molecule has 3 aromatic rings. The van der Waals surface area contributed by atoms with E-state index >= 15 is 0 Å². The van der Waals surface area contributed by atoms with Crippen LogP contribution in [0.1, 0.15) is 6.92 Å². The van der Waals surface area contributed by atoms with Gasteiger partial charge in [0.2, 0.25) is 21.1 Å². The predicted octanol–water partition coefficient (Wildman–Crippen LogP) is 3.06. The predicted molar refractivity (Wildman–Crippen MR) is 118 cm³/mol. The van der Waals surface area contributed by atoms with Gasteiger partial charge >= 0.3 is 0 Å². The van der Waals surface area contributed by atoms with Gasteiger partial charge in [-0.3, -0.25) is 4.79 Å². The molecule has 4 N–H and O–H groups in total. The quantitative estimate of drug-likeness (QED) is 0.432. The molecule has 0 bridgehead atoms. The highest BCUT2D eigenvalue weighted by Crippen LogP contribution is 2.31. The standard InChI is InChI=1S/C18H19N5O4S3/c1-11(16(24)20-12-5-9-15(10-6-12)30(19,25)26)28-18-23-22-17(29-18)21-13-3-7-14(27-2)8-4-13/h3-11H,1-2H3,(H,20,24)(H,21,22)(H2,19,25,26)/t11-/m0/s1. The molecular formula is C18H19N5O4S3. The highest BCUT2D eigenvalue weighted by molar-refractivity contribution is 8.02. The van der Waals surface area contributed by atoms with Crippen molar-refractivity contribution in [2.75, 3.05) is 17.7 Å². The van der Waals surface area contributed by atoms with E-state index in [0.29, 0.717) is 15.2 Å². The highest BCUT2D eigenvalue weighted by Gasteiger charge is 2.18. The SMILES string of the molecule is COc1ccc(Nc2nnc(S[C@@H](C)C(=O)Nc3ccc(S(N)(=O)=O)cc3)s2)cc1. The highest BCUT2D eigenvalue weighted by atomic mass is 32.2. The first-order valence-corrected chi connectivity index (χ1v) is 11.8. The van der Waals surface area contributed by atoms with Gasteiger partial charge < -0.3 is 15.4 Å². The summed E-state index contributed by atoms with van der Waals surface area (Å²) in [6.45, 7) is 1.75. The second-order valence-electron chi connectivity index (χ2n) is 6.05. The fraction of sp³-hybridized carbons (Fsp3) is 0.167. The fourth-order valence-corrected chi connectivity index (χ4v) is 4.71. The average Bonchev–Trinajstić information content (AvgIpc) is 3.15. The summed E-state index contributed by atoms with van der Waals surface area (Å²) >= 11 is 2.60. The van der Waals surface area contributed by atoms with Crippen LogP contribution in [0.25, 0.3) is 0 Å². The van der Waals surface area contributed by atoms with Gasteiger partial charge in [-0.2, -0.15) is 0 Å². The molecule has 12 heteroatoms. The summed E-state index contributed by atoms with van der Waals surface area (Å²) in [6.07, 6.45) is 0. The molecule has 0 radical (unpaired) electrons. The zero-order chi connectivity index (χ0) is 21.7. The number of rotatable bonds is 8. The Morgan fingerprint density at radius 3 is 2.33 bits per heavy atom. The first kappa shape index (κ1) is 22.0. The van der Waals surface area contributed by atoms with Crippen LogP contribution in [0.15, 0.2) is 57.8 Å². The molecule has 2 aromatic carbocycles. The minimum absolute atomic E-state index is 0.0197. The van der Waals surface area contributed by atoms with Crippen LogP contribution in [-0.4, -0.2) is 36.9 Å². The van der Waals surface area contributed by atoms with Crippen molar-refractivity contribution in [2.45, 2.75) is 21.4 Å². The van der Waals surface area contributed by atoms with Crippen LogP contribution < -0.4 is 20.5 Å². The number of carbonyl (C=O) groups is 1. The molecule has 0 unspecified atom stereocenters. The van der Waals surface area contributed by atoms with Crippen molar-refractivity contribution < 1.29 is 17.9 Å². The van der Waals surface area contributed by atoms with E-state index in [9.17, 15) is 13.2 Å². The number of nitrogens with zero attached hydrogens (tertiary/aromatic N) is 2. The smallest absolute Gasteiger partial charge is 0.238 e. The van der Waals surface area contributed by atoms with Gasteiger partial charge in [0.05, 0.1) is 17.3 Å². The maximum absolute atomic E-state index is 12.4. The van der Waals surface area contributed by atoms with Crippen molar-refractivity contribution in [2.24, 2.45) is 5.14 Å². The Labute approximate surface area is 182 Å². The molecule has 0 aliphatic rings. The lowest BCUT2D eigenvalue weighted by atomic mass is 10.3. The first-order chi connectivity index (χ1) is 14.2. The van der Waals surface area contributed by atoms with Crippen molar-refractivity contribution in [1.29, 1.82) is 0 Å². The third kappa shape index (κ3) is 5.92. The molecule has 0 aliphatic heterocycles. The first-order valence-electron chi connectivity index (χ1n) is 8.59. The average molecular weight is 466 g/mol. The molecule has 0 saturated carbocycles. The van der Waals surface area contributed by atoms with Gasteiger partial charge in [0, 0.05) is 11.4 Å². The number of ether oxygens (including phenoxy) is 1. The molecule has 1 atom stereocenters. The molecule has 158 valence electrons. The Morgan fingerprint density at radius 2 is 1.73 bits per heavy atom. The summed E-state index contributed by atoms with van der Waals surface area (Å²) in [5, 5.41) is 19.3. The number of primary sulfonamides is 1. The number of methoxy groups -OCH3 is 1. The number of nitrogens with one attached hydrogen (secondary N) is 2. The van der Waals surface area contributed by atoms with Crippen LogP contribution in [0.4, 0.5) is 16.5 Å². The molecule has 0 spiro atoms. The van der Waals surface area contributed by atoms with Gasteiger partial charge in [-0.05, 0) is 55.5 Å². The minimum atomic E-state index is -3.77. The molecule has 0 fully saturated rings. The normalized spacial score (nSPS) is 12.2. The number of hydrogen-bond donors (Lipinski definition) is 3. The van der Waals surface area contributed by atoms with Gasteiger partial charge in [-0.15, -0.1) is 10.2 Å². The largest absolute Gasteiger partial charge is 0.497 e. The van der Waals surface area contributed by atoms with E-state index in [1.807, 2.05) is 24.3 Å². The Bertz CT molecular complexity index is 1120. The van der Waals surface area contributed by atoms with Crippen molar-refractivity contribution in [1.82, 2.24) is 10.2 Å². The number of thioether (sulfide) groups is 1. The van der Waals surface area contributed by atoms with E-state index < -0.39 is 15.3 Å². The van der Waals surface area contributed by atoms with E-state index in [0.717, 1.165) is 11.4 Å². The number of nitrogens with two attached hydrogens (primary N) is 1. The van der Waals surface area contributed by atoms with Crippen LogP contribution in [0.5, 0.6) is 5.75 Å². The molecule has 0 aliphatic carbocycles. The summed E-state index contributed by atoms with van der Waals surface area (Å²) in [5.41, 5.74) is 1.32. The maximum Gasteiger partial charge on any atom is 0.238 e. The van der Waals surface area contributed by atoms with E-state index in [1.54, 1.807) is 14.0 Å². The molecule has 1 heterocycles. The lowest BCUT2D eigenvalue weighted by Crippen LogP contribution is -2.22. The maximum atomic E-state index is 12.4. The molecule has 1 amide bonds. The molecule has 30 heavy (non-hydrogen) atoms. The zero-order valence-corrected chi connectivity index (χ0v) is 18.5. The summed E-state index contributed by atoms with van der Waals surface area (Å²) in [5.74, 6) is 0.511. The summed E-state index contributed by atoms with van der Waals surface area (Å²) in [7, 11) is -2.17. The topological polar surface area (TPSA) is 136 Å². The lowest BCUT2D eigenvalue weighted by Gasteiger charge is -2.10. The van der Waals surface area contributed by atoms with Crippen molar-refractivity contribution in [3.63, 3.8) is 0 Å². The fourth-order valence-electron chi connectivity index (χ4n) is 2.28. The Kier molecular flexibility index (Phi) is 6.92. The van der Waals surface area contributed by atoms with Crippen LogP contribution in [0, 0.1) is 0 Å². The van der Waals surface area contributed by atoms with Crippen molar-refractivity contribution in [3.8, 4) is 5.75 Å². The van der Waals surface area contributed by atoms with E-state index in [4.69, 9.17) is 9.88 Å². The molecule has 1 aromatic heterocycles. The third-order valence-electron chi connectivity index (χ3n) is 3.84. The van der Waals surface area contributed by atoms with Gasteiger partial charge in [-0.25, -0.2) is 13.6 Å². The van der Waals surface area contributed by atoms with E-state index in [1.165, 1.54) is 47.4 Å². The molecular weight excluding hydrogens is 446 g/mol. The number of amides is 1. The Morgan fingerprint density at radius 1 is 1.10 bits per heavy atom. The van der Waals surface area contributed by atoms with Crippen molar-refractivity contribution in [3.05, 3.63) is 48.5 Å². The number of sulfonamides is 1. The second kappa shape index (κ2) is 9.43. The number of benzene rings is 2. The number of aromatic nitrogens is 2. The molecule has 9 nitrogen and oxygen atoms in total. The summed E-state index contributed by atoms with van der Waals surface area (Å²) < 4.78 is 28.3. The van der Waals surface area contributed by atoms with Gasteiger partial charge in [0.1, 0.15) is 5.75 Å². The number of carbonyl (C=O) groups excluding carboxylic acids is 1. The third-order valence-corrected chi connectivity index (χ3v) is 6.80. The van der Waals surface area contributed by atoms with Crippen LogP contribution in [-0.2, 0) is 14.8 Å².